The molecule has 0 spiro atoms. The maximum atomic E-state index is 13.0. The number of nitrogens with zero attached hydrogens (tertiary/aromatic N) is 1. The van der Waals surface area contributed by atoms with Crippen LogP contribution in [-0.2, 0) is 15.1 Å². The van der Waals surface area contributed by atoms with Gasteiger partial charge in [0.25, 0.3) is 0 Å². The number of rotatable bonds is 5. The van der Waals surface area contributed by atoms with E-state index in [1.807, 2.05) is 51.1 Å². The average molecular weight is 320 g/mol. The molecule has 1 aliphatic heterocycles. The standard InChI is InChI=1S/C18H28N2O3/c1-17(2,3)23-16(22)18(19-4,14-8-6-5-7-9-14)13-20-11-10-15(21)12-20/h5-9,15,19,21H,10-13H2,1-4H3/t15-,18?/m0/s1. The largest absolute Gasteiger partial charge is 0.458 e. The van der Waals surface area contributed by atoms with Gasteiger partial charge in [0, 0.05) is 19.6 Å². The van der Waals surface area contributed by atoms with Crippen LogP contribution >= 0.6 is 0 Å². The first-order valence-corrected chi connectivity index (χ1v) is 8.15. The van der Waals surface area contributed by atoms with E-state index >= 15 is 0 Å². The van der Waals surface area contributed by atoms with E-state index < -0.39 is 11.1 Å². The van der Waals surface area contributed by atoms with Gasteiger partial charge in [0.15, 0.2) is 5.54 Å². The molecule has 0 aromatic heterocycles. The summed E-state index contributed by atoms with van der Waals surface area (Å²) in [5.74, 6) is -0.292. The van der Waals surface area contributed by atoms with Crippen LogP contribution in [-0.4, -0.2) is 54.4 Å². The number of nitrogens with one attached hydrogen (secondary N) is 1. The molecule has 1 saturated heterocycles. The number of β-amino-alcohol motifs (C(OH)–C–C–N with tert-alkyl or cyclic N) is 1. The van der Waals surface area contributed by atoms with Crippen LogP contribution in [0.2, 0.25) is 0 Å². The van der Waals surface area contributed by atoms with Crippen molar-refractivity contribution >= 4 is 5.97 Å². The molecule has 1 aromatic rings. The molecule has 0 amide bonds. The highest BCUT2D eigenvalue weighted by atomic mass is 16.6. The van der Waals surface area contributed by atoms with Crippen LogP contribution in [0.25, 0.3) is 0 Å². The van der Waals surface area contributed by atoms with Gasteiger partial charge in [-0.1, -0.05) is 30.3 Å². The molecule has 1 heterocycles. The number of likely N-dealkylation sites (tertiary alicyclic amines) is 1. The van der Waals surface area contributed by atoms with Crippen LogP contribution in [0.1, 0.15) is 32.8 Å². The highest BCUT2D eigenvalue weighted by Gasteiger charge is 2.44. The Bertz CT molecular complexity index is 527. The van der Waals surface area contributed by atoms with Gasteiger partial charge in [0.05, 0.1) is 6.10 Å². The second-order valence-electron chi connectivity index (χ2n) is 7.20. The predicted molar refractivity (Wildman–Crippen MR) is 90.1 cm³/mol. The van der Waals surface area contributed by atoms with Gasteiger partial charge in [0.2, 0.25) is 0 Å². The lowest BCUT2D eigenvalue weighted by Crippen LogP contribution is -2.56. The zero-order valence-corrected chi connectivity index (χ0v) is 14.5. The lowest BCUT2D eigenvalue weighted by Gasteiger charge is -2.37. The summed E-state index contributed by atoms with van der Waals surface area (Å²) in [6, 6.07) is 9.65. The number of esters is 1. The Morgan fingerprint density at radius 2 is 2.00 bits per heavy atom. The Morgan fingerprint density at radius 3 is 2.48 bits per heavy atom. The van der Waals surface area contributed by atoms with E-state index in [2.05, 4.69) is 10.2 Å². The molecule has 2 N–H and O–H groups in total. The number of benzene rings is 1. The summed E-state index contributed by atoms with van der Waals surface area (Å²) in [5.41, 5.74) is -0.630. The van der Waals surface area contributed by atoms with E-state index in [0.717, 1.165) is 18.5 Å². The second kappa shape index (κ2) is 6.99. The molecule has 1 aromatic carbocycles. The topological polar surface area (TPSA) is 61.8 Å². The van der Waals surface area contributed by atoms with Gasteiger partial charge < -0.3 is 15.2 Å². The van der Waals surface area contributed by atoms with Crippen LogP contribution < -0.4 is 5.32 Å². The molecule has 0 aliphatic carbocycles. The molecular weight excluding hydrogens is 292 g/mol. The van der Waals surface area contributed by atoms with Gasteiger partial charge in [-0.25, -0.2) is 4.79 Å². The molecule has 1 fully saturated rings. The van der Waals surface area contributed by atoms with E-state index in [1.54, 1.807) is 7.05 Å². The van der Waals surface area contributed by atoms with Gasteiger partial charge in [0.1, 0.15) is 5.60 Å². The monoisotopic (exact) mass is 320 g/mol. The van der Waals surface area contributed by atoms with Crippen LogP contribution in [0.5, 0.6) is 0 Å². The van der Waals surface area contributed by atoms with Crippen molar-refractivity contribution in [3.63, 3.8) is 0 Å². The first-order valence-electron chi connectivity index (χ1n) is 8.15. The second-order valence-corrected chi connectivity index (χ2v) is 7.20. The minimum atomic E-state index is -0.946. The summed E-state index contributed by atoms with van der Waals surface area (Å²) in [6.07, 6.45) is 0.419. The van der Waals surface area contributed by atoms with E-state index in [9.17, 15) is 9.90 Å². The molecule has 0 bridgehead atoms. The number of aliphatic hydroxyl groups excluding tert-OH is 1. The first kappa shape index (κ1) is 17.9. The molecule has 0 radical (unpaired) electrons. The van der Waals surface area contributed by atoms with Crippen molar-refractivity contribution in [1.29, 1.82) is 0 Å². The highest BCUT2D eigenvalue weighted by molar-refractivity contribution is 5.83. The fourth-order valence-corrected chi connectivity index (χ4v) is 2.98. The highest BCUT2D eigenvalue weighted by Crippen LogP contribution is 2.28. The minimum absolute atomic E-state index is 0.292. The number of likely N-dealkylation sites (N-methyl/N-ethyl adjacent to an activating group) is 1. The van der Waals surface area contributed by atoms with Crippen molar-refractivity contribution in [2.24, 2.45) is 0 Å². The Hall–Kier alpha value is -1.43. The number of ether oxygens (including phenoxy) is 1. The smallest absolute Gasteiger partial charge is 0.332 e. The summed E-state index contributed by atoms with van der Waals surface area (Å²) in [4.78, 5) is 15.1. The third kappa shape index (κ3) is 4.31. The van der Waals surface area contributed by atoms with Crippen molar-refractivity contribution in [2.75, 3.05) is 26.7 Å². The third-order valence-corrected chi connectivity index (χ3v) is 4.15. The number of carbonyl (C=O) groups excluding carboxylic acids is 1. The van der Waals surface area contributed by atoms with Crippen LogP contribution in [0, 0.1) is 0 Å². The Kier molecular flexibility index (Phi) is 5.45. The summed E-state index contributed by atoms with van der Waals surface area (Å²) in [6.45, 7) is 7.44. The van der Waals surface area contributed by atoms with Gasteiger partial charge in [-0.15, -0.1) is 0 Å². The van der Waals surface area contributed by atoms with Crippen molar-refractivity contribution < 1.29 is 14.6 Å². The van der Waals surface area contributed by atoms with Crippen molar-refractivity contribution in [3.05, 3.63) is 35.9 Å². The van der Waals surface area contributed by atoms with E-state index in [-0.39, 0.29) is 12.1 Å². The molecule has 1 aliphatic rings. The maximum absolute atomic E-state index is 13.0. The third-order valence-electron chi connectivity index (χ3n) is 4.15. The molecule has 128 valence electrons. The Labute approximate surface area is 138 Å². The fraction of sp³-hybridized carbons (Fsp3) is 0.611. The van der Waals surface area contributed by atoms with Crippen LogP contribution in [0.15, 0.2) is 30.3 Å². The number of hydrogen-bond acceptors (Lipinski definition) is 5. The lowest BCUT2D eigenvalue weighted by molar-refractivity contribution is -0.164. The number of hydrogen-bond donors (Lipinski definition) is 2. The van der Waals surface area contributed by atoms with Crippen LogP contribution in [0.4, 0.5) is 0 Å². The van der Waals surface area contributed by atoms with Crippen molar-refractivity contribution in [1.82, 2.24) is 10.2 Å². The maximum Gasteiger partial charge on any atom is 0.332 e. The van der Waals surface area contributed by atoms with E-state index in [0.29, 0.717) is 13.1 Å². The number of aliphatic hydroxyl groups is 1. The van der Waals surface area contributed by atoms with Crippen molar-refractivity contribution in [3.8, 4) is 0 Å². The zero-order chi connectivity index (χ0) is 17.1. The molecule has 5 nitrogen and oxygen atoms in total. The quantitative estimate of drug-likeness (QED) is 0.805. The van der Waals surface area contributed by atoms with Crippen molar-refractivity contribution in [2.45, 2.75) is 44.4 Å². The Balaban J connectivity index is 2.34. The normalized spacial score (nSPS) is 21.9. The molecule has 23 heavy (non-hydrogen) atoms. The van der Waals surface area contributed by atoms with Gasteiger partial charge in [-0.05, 0) is 39.8 Å². The predicted octanol–water partition coefficient (Wildman–Crippen LogP) is 1.51. The summed E-state index contributed by atoms with van der Waals surface area (Å²) >= 11 is 0. The molecular formula is C18H28N2O3. The molecule has 0 saturated carbocycles. The SMILES string of the molecule is CNC(CN1CC[C@H](O)C1)(C(=O)OC(C)(C)C)c1ccccc1. The zero-order valence-electron chi connectivity index (χ0n) is 14.5. The summed E-state index contributed by atoms with van der Waals surface area (Å²) in [5, 5.41) is 13.0. The van der Waals surface area contributed by atoms with Gasteiger partial charge in [-0.2, -0.15) is 0 Å². The summed E-state index contributed by atoms with van der Waals surface area (Å²) < 4.78 is 5.70. The average Bonchev–Trinajstić information content (AvgIpc) is 2.89. The minimum Gasteiger partial charge on any atom is -0.458 e. The number of carbonyl (C=O) groups is 1. The first-order chi connectivity index (χ1) is 10.8. The lowest BCUT2D eigenvalue weighted by atomic mass is 9.89. The Morgan fingerprint density at radius 1 is 1.35 bits per heavy atom. The fourth-order valence-electron chi connectivity index (χ4n) is 2.98. The van der Waals surface area contributed by atoms with Gasteiger partial charge in [-0.3, -0.25) is 4.90 Å². The van der Waals surface area contributed by atoms with E-state index in [4.69, 9.17) is 4.74 Å². The molecule has 2 rings (SSSR count). The summed E-state index contributed by atoms with van der Waals surface area (Å²) in [7, 11) is 1.78. The van der Waals surface area contributed by atoms with E-state index in [1.165, 1.54) is 0 Å². The van der Waals surface area contributed by atoms with Crippen LogP contribution in [0.3, 0.4) is 0 Å². The molecule has 5 heteroatoms. The van der Waals surface area contributed by atoms with Gasteiger partial charge >= 0.3 is 5.97 Å². The molecule has 2 atom stereocenters. The molecule has 1 unspecified atom stereocenters.